The number of anilines is 2. The smallest absolute Gasteiger partial charge is 0.324 e. The fourth-order valence-electron chi connectivity index (χ4n) is 3.40. The van der Waals surface area contributed by atoms with E-state index < -0.39 is 0 Å². The average Bonchev–Trinajstić information content (AvgIpc) is 3.36. The molecule has 142 valence electrons. The Labute approximate surface area is 165 Å². The number of aromatic nitrogens is 6. The van der Waals surface area contributed by atoms with Crippen LogP contribution in [-0.4, -0.2) is 56.1 Å². The van der Waals surface area contributed by atoms with Crippen molar-refractivity contribution in [3.63, 3.8) is 0 Å². The van der Waals surface area contributed by atoms with E-state index in [2.05, 4.69) is 35.0 Å². The molecule has 0 atom stereocenters. The Morgan fingerprint density at radius 2 is 1.89 bits per heavy atom. The van der Waals surface area contributed by atoms with E-state index in [0.29, 0.717) is 16.9 Å². The van der Waals surface area contributed by atoms with E-state index in [-0.39, 0.29) is 0 Å². The summed E-state index contributed by atoms with van der Waals surface area (Å²) in [6, 6.07) is 7.93. The molecule has 0 N–H and O–H groups in total. The summed E-state index contributed by atoms with van der Waals surface area (Å²) in [6.45, 7) is 3.08. The molecule has 1 aliphatic heterocycles. The lowest BCUT2D eigenvalue weighted by atomic mass is 10.2. The second kappa shape index (κ2) is 6.75. The summed E-state index contributed by atoms with van der Waals surface area (Å²) in [4.78, 5) is 17.6. The van der Waals surface area contributed by atoms with Crippen LogP contribution in [0.3, 0.4) is 0 Å². The zero-order chi connectivity index (χ0) is 19.1. The predicted molar refractivity (Wildman–Crippen MR) is 105 cm³/mol. The maximum atomic E-state index is 6.05. The normalized spacial score (nSPS) is 14.8. The second-order valence-corrected chi connectivity index (χ2v) is 7.02. The summed E-state index contributed by atoms with van der Waals surface area (Å²) < 4.78 is 7.23. The highest BCUT2D eigenvalue weighted by Gasteiger charge is 2.24. The third kappa shape index (κ3) is 2.93. The lowest BCUT2D eigenvalue weighted by molar-refractivity contribution is 0.409. The third-order valence-electron chi connectivity index (χ3n) is 4.86. The van der Waals surface area contributed by atoms with E-state index in [1.54, 1.807) is 11.0 Å². The molecule has 0 saturated carbocycles. The molecule has 1 aliphatic rings. The Bertz CT molecular complexity index is 1130. The van der Waals surface area contributed by atoms with Crippen LogP contribution in [0.25, 0.3) is 22.4 Å². The van der Waals surface area contributed by atoms with Gasteiger partial charge in [0.2, 0.25) is 5.82 Å². The first kappa shape index (κ1) is 16.9. The van der Waals surface area contributed by atoms with Crippen LogP contribution in [0, 0.1) is 0 Å². The largest absolute Gasteiger partial charge is 0.352 e. The lowest BCUT2D eigenvalue weighted by Crippen LogP contribution is -2.47. The van der Waals surface area contributed by atoms with E-state index in [1.807, 2.05) is 37.5 Å². The molecule has 0 bridgehead atoms. The molecule has 9 nitrogen and oxygen atoms in total. The Morgan fingerprint density at radius 1 is 1.07 bits per heavy atom. The predicted octanol–water partition coefficient (Wildman–Crippen LogP) is 2.39. The molecule has 0 spiro atoms. The number of aryl methyl sites for hydroxylation is 1. The van der Waals surface area contributed by atoms with Crippen LogP contribution in [0.1, 0.15) is 0 Å². The molecule has 5 rings (SSSR count). The highest BCUT2D eigenvalue weighted by molar-refractivity contribution is 6.30. The van der Waals surface area contributed by atoms with Crippen molar-refractivity contribution in [2.45, 2.75) is 0 Å². The second-order valence-electron chi connectivity index (χ2n) is 6.59. The number of hydrogen-bond donors (Lipinski definition) is 0. The number of piperazine rings is 1. The van der Waals surface area contributed by atoms with Gasteiger partial charge >= 0.3 is 6.01 Å². The SMILES string of the molecule is Cn1ncc2c(N3CCN(c4nc(-c5cccc(Cl)c5)no4)CC3)ncnc21. The topological polar surface area (TPSA) is 89.0 Å². The van der Waals surface area contributed by atoms with Crippen molar-refractivity contribution < 1.29 is 4.52 Å². The zero-order valence-corrected chi connectivity index (χ0v) is 15.9. The van der Waals surface area contributed by atoms with Crippen LogP contribution < -0.4 is 9.80 Å². The first-order valence-electron chi connectivity index (χ1n) is 8.91. The lowest BCUT2D eigenvalue weighted by Gasteiger charge is -2.34. The summed E-state index contributed by atoms with van der Waals surface area (Å²) in [5, 5.41) is 9.98. The highest BCUT2D eigenvalue weighted by atomic mass is 35.5. The van der Waals surface area contributed by atoms with E-state index in [0.717, 1.165) is 48.6 Å². The van der Waals surface area contributed by atoms with E-state index >= 15 is 0 Å². The van der Waals surface area contributed by atoms with Crippen LogP contribution in [0.15, 0.2) is 41.3 Å². The molecule has 0 amide bonds. The van der Waals surface area contributed by atoms with Gasteiger partial charge in [-0.25, -0.2) is 9.97 Å². The quantitative estimate of drug-likeness (QED) is 0.521. The van der Waals surface area contributed by atoms with Crippen molar-refractivity contribution in [3.05, 3.63) is 41.8 Å². The van der Waals surface area contributed by atoms with Gasteiger partial charge < -0.3 is 14.3 Å². The monoisotopic (exact) mass is 396 g/mol. The van der Waals surface area contributed by atoms with E-state index in [9.17, 15) is 0 Å². The maximum Gasteiger partial charge on any atom is 0.324 e. The number of hydrogen-bond acceptors (Lipinski definition) is 8. The fourth-order valence-corrected chi connectivity index (χ4v) is 3.59. The molecule has 4 heterocycles. The van der Waals surface area contributed by atoms with Crippen molar-refractivity contribution in [1.29, 1.82) is 0 Å². The average molecular weight is 397 g/mol. The van der Waals surface area contributed by atoms with Gasteiger partial charge in [0.15, 0.2) is 5.65 Å². The van der Waals surface area contributed by atoms with Crippen molar-refractivity contribution >= 4 is 34.5 Å². The Kier molecular flexibility index (Phi) is 4.09. The highest BCUT2D eigenvalue weighted by Crippen LogP contribution is 2.26. The molecular formula is C18H17ClN8O. The Balaban J connectivity index is 1.32. The van der Waals surface area contributed by atoms with Gasteiger partial charge in [-0.15, -0.1) is 0 Å². The van der Waals surface area contributed by atoms with Gasteiger partial charge in [0.25, 0.3) is 0 Å². The van der Waals surface area contributed by atoms with Gasteiger partial charge in [-0.3, -0.25) is 4.68 Å². The van der Waals surface area contributed by atoms with Crippen LogP contribution in [-0.2, 0) is 7.05 Å². The standard InChI is InChI=1S/C18H17ClN8O/c1-25-16-14(10-22-25)17(21-11-20-16)26-5-7-27(8-6-26)18-23-15(24-28-18)12-3-2-4-13(19)9-12/h2-4,9-11H,5-8H2,1H3. The number of nitrogens with zero attached hydrogens (tertiary/aromatic N) is 8. The first-order chi connectivity index (χ1) is 13.7. The molecule has 0 unspecified atom stereocenters. The fraction of sp³-hybridized carbons (Fsp3) is 0.278. The molecule has 1 aromatic carbocycles. The van der Waals surface area contributed by atoms with Gasteiger partial charge in [0.1, 0.15) is 12.1 Å². The summed E-state index contributed by atoms with van der Waals surface area (Å²) in [6.07, 6.45) is 3.40. The molecule has 0 radical (unpaired) electrons. The molecule has 1 fully saturated rings. The molecule has 28 heavy (non-hydrogen) atoms. The Hall–Kier alpha value is -3.20. The van der Waals surface area contributed by atoms with Gasteiger partial charge in [-0.2, -0.15) is 10.1 Å². The summed E-state index contributed by atoms with van der Waals surface area (Å²) in [5.41, 5.74) is 1.66. The van der Waals surface area contributed by atoms with Gasteiger partial charge in [0.05, 0.1) is 11.6 Å². The van der Waals surface area contributed by atoms with Gasteiger partial charge in [0, 0.05) is 43.8 Å². The van der Waals surface area contributed by atoms with Crippen LogP contribution in [0.4, 0.5) is 11.8 Å². The van der Waals surface area contributed by atoms with Gasteiger partial charge in [-0.1, -0.05) is 28.9 Å². The third-order valence-corrected chi connectivity index (χ3v) is 5.09. The molecule has 10 heteroatoms. The van der Waals surface area contributed by atoms with Crippen LogP contribution in [0.5, 0.6) is 0 Å². The maximum absolute atomic E-state index is 6.05. The van der Waals surface area contributed by atoms with Crippen molar-refractivity contribution in [2.24, 2.45) is 7.05 Å². The minimum absolute atomic E-state index is 0.517. The first-order valence-corrected chi connectivity index (χ1v) is 9.29. The number of fused-ring (bicyclic) bond motifs is 1. The van der Waals surface area contributed by atoms with Crippen molar-refractivity contribution in [2.75, 3.05) is 36.0 Å². The summed E-state index contributed by atoms with van der Waals surface area (Å²) in [7, 11) is 1.88. The van der Waals surface area contributed by atoms with Crippen LogP contribution >= 0.6 is 11.6 Å². The summed E-state index contributed by atoms with van der Waals surface area (Å²) in [5.74, 6) is 1.44. The number of rotatable bonds is 3. The molecule has 3 aromatic heterocycles. The number of halogens is 1. The van der Waals surface area contributed by atoms with E-state index in [4.69, 9.17) is 16.1 Å². The molecule has 1 saturated heterocycles. The van der Waals surface area contributed by atoms with Crippen molar-refractivity contribution in [1.82, 2.24) is 29.9 Å². The zero-order valence-electron chi connectivity index (χ0n) is 15.2. The molecule has 4 aromatic rings. The Morgan fingerprint density at radius 3 is 2.71 bits per heavy atom. The van der Waals surface area contributed by atoms with Crippen LogP contribution in [0.2, 0.25) is 5.02 Å². The minimum Gasteiger partial charge on any atom is -0.352 e. The summed E-state index contributed by atoms with van der Waals surface area (Å²) >= 11 is 6.05. The minimum atomic E-state index is 0.517. The van der Waals surface area contributed by atoms with Crippen molar-refractivity contribution in [3.8, 4) is 11.4 Å². The molecular weight excluding hydrogens is 380 g/mol. The number of benzene rings is 1. The molecule has 0 aliphatic carbocycles. The van der Waals surface area contributed by atoms with Gasteiger partial charge in [-0.05, 0) is 12.1 Å². The van der Waals surface area contributed by atoms with E-state index in [1.165, 1.54) is 0 Å².